The van der Waals surface area contributed by atoms with Crippen LogP contribution in [0, 0.1) is 0 Å². The molecule has 2 aromatic rings. The average molecular weight is 348 g/mol. The molecule has 0 radical (unpaired) electrons. The molecule has 0 N–H and O–H groups in total. The number of para-hydroxylation sites is 2. The Kier molecular flexibility index (Phi) is 6.40. The van der Waals surface area contributed by atoms with Crippen molar-refractivity contribution in [3.63, 3.8) is 0 Å². The van der Waals surface area contributed by atoms with Crippen LogP contribution in [0.15, 0.2) is 58.3 Å². The summed E-state index contributed by atoms with van der Waals surface area (Å²) in [4.78, 5) is 7.72. The maximum absolute atomic E-state index is 2.52. The van der Waals surface area contributed by atoms with Crippen molar-refractivity contribution in [1.29, 1.82) is 0 Å². The number of hydrogen-bond acceptors (Lipinski definition) is 3. The highest BCUT2D eigenvalue weighted by atomic mass is 35.5. The van der Waals surface area contributed by atoms with E-state index in [1.165, 1.54) is 21.2 Å². The number of anilines is 2. The molecule has 2 aromatic carbocycles. The number of rotatable bonds is 5. The molecule has 1 aliphatic heterocycles. The second-order valence-electron chi connectivity index (χ2n) is 5.72. The number of benzene rings is 2. The molecular weight excluding hydrogens is 324 g/mol. The first-order chi connectivity index (χ1) is 10.7. The summed E-state index contributed by atoms with van der Waals surface area (Å²) in [5, 5.41) is 0. The van der Waals surface area contributed by atoms with E-state index in [1.807, 2.05) is 11.8 Å². The summed E-state index contributed by atoms with van der Waals surface area (Å²) < 4.78 is 0. The molecule has 23 heavy (non-hydrogen) atoms. The lowest BCUT2D eigenvalue weighted by atomic mass is 10.1. The van der Waals surface area contributed by atoms with Crippen molar-refractivity contribution < 1.29 is 12.4 Å². The zero-order chi connectivity index (χ0) is 15.5. The summed E-state index contributed by atoms with van der Waals surface area (Å²) in [6, 6.07) is 18.0. The van der Waals surface area contributed by atoms with Gasteiger partial charge in [-0.05, 0) is 44.3 Å². The Labute approximate surface area is 150 Å². The number of halogens is 1. The molecule has 0 bridgehead atoms. The van der Waals surface area contributed by atoms with Gasteiger partial charge in [-0.2, -0.15) is 0 Å². The van der Waals surface area contributed by atoms with Crippen molar-refractivity contribution in [1.82, 2.24) is 4.90 Å². The molecule has 124 valence electrons. The molecular formula is C19H24ClN2S-. The van der Waals surface area contributed by atoms with Crippen molar-refractivity contribution in [2.75, 3.05) is 24.5 Å². The van der Waals surface area contributed by atoms with Gasteiger partial charge in [0.05, 0.1) is 11.4 Å². The molecule has 0 saturated heterocycles. The van der Waals surface area contributed by atoms with Crippen LogP contribution in [-0.4, -0.2) is 30.6 Å². The van der Waals surface area contributed by atoms with Crippen LogP contribution >= 0.6 is 11.8 Å². The van der Waals surface area contributed by atoms with E-state index in [1.54, 1.807) is 0 Å². The van der Waals surface area contributed by atoms with Gasteiger partial charge in [0.1, 0.15) is 0 Å². The van der Waals surface area contributed by atoms with Gasteiger partial charge in [0.25, 0.3) is 0 Å². The van der Waals surface area contributed by atoms with E-state index in [0.717, 1.165) is 19.6 Å². The first-order valence-corrected chi connectivity index (χ1v) is 8.93. The standard InChI is InChI=1S/C19H24N2S.ClH/c1-4-20(5-2)15(3)14-21-16-10-6-8-12-18(16)22-19-13-9-7-11-17(19)21;/h6-13,15H,4-5,14H2,1-3H3;1H/p-1. The van der Waals surface area contributed by atoms with Crippen molar-refractivity contribution in [3.05, 3.63) is 48.5 Å². The summed E-state index contributed by atoms with van der Waals surface area (Å²) in [6.45, 7) is 10.0. The minimum Gasteiger partial charge on any atom is -1.00 e. The van der Waals surface area contributed by atoms with E-state index in [2.05, 4.69) is 79.1 Å². The molecule has 3 rings (SSSR count). The Balaban J connectivity index is 0.00000192. The summed E-state index contributed by atoms with van der Waals surface area (Å²) in [5.74, 6) is 0. The van der Waals surface area contributed by atoms with Crippen molar-refractivity contribution in [2.45, 2.75) is 36.6 Å². The number of nitrogens with zero attached hydrogens (tertiary/aromatic N) is 2. The van der Waals surface area contributed by atoms with Gasteiger partial charge in [0.15, 0.2) is 0 Å². The quantitative estimate of drug-likeness (QED) is 0.817. The van der Waals surface area contributed by atoms with Gasteiger partial charge < -0.3 is 17.3 Å². The molecule has 1 heterocycles. The number of likely N-dealkylation sites (N-methyl/N-ethyl adjacent to an activating group) is 1. The lowest BCUT2D eigenvalue weighted by molar-refractivity contribution is -0.00000466. The summed E-state index contributed by atoms with van der Waals surface area (Å²) in [5.41, 5.74) is 2.68. The van der Waals surface area contributed by atoms with Gasteiger partial charge in [0.2, 0.25) is 0 Å². The number of fused-ring (bicyclic) bond motifs is 2. The van der Waals surface area contributed by atoms with E-state index < -0.39 is 0 Å². The molecule has 0 aliphatic carbocycles. The van der Waals surface area contributed by atoms with Crippen LogP contribution < -0.4 is 17.3 Å². The fourth-order valence-electron chi connectivity index (χ4n) is 3.20. The maximum Gasteiger partial charge on any atom is 0.0553 e. The predicted octanol–water partition coefficient (Wildman–Crippen LogP) is 2.02. The third-order valence-electron chi connectivity index (χ3n) is 4.41. The van der Waals surface area contributed by atoms with Gasteiger partial charge in [0, 0.05) is 22.4 Å². The molecule has 0 fully saturated rings. The van der Waals surface area contributed by atoms with Crippen molar-refractivity contribution in [3.8, 4) is 0 Å². The zero-order valence-corrected chi connectivity index (χ0v) is 15.6. The van der Waals surface area contributed by atoms with Crippen LogP contribution in [0.25, 0.3) is 0 Å². The molecule has 1 unspecified atom stereocenters. The molecule has 0 amide bonds. The van der Waals surface area contributed by atoms with Crippen LogP contribution in [0.5, 0.6) is 0 Å². The second kappa shape index (κ2) is 8.09. The summed E-state index contributed by atoms with van der Waals surface area (Å²) >= 11 is 1.88. The lowest BCUT2D eigenvalue weighted by Gasteiger charge is -2.37. The molecule has 4 heteroatoms. The van der Waals surface area contributed by atoms with Crippen molar-refractivity contribution >= 4 is 23.1 Å². The van der Waals surface area contributed by atoms with Crippen LogP contribution in [0.1, 0.15) is 20.8 Å². The first kappa shape index (κ1) is 18.2. The molecule has 1 atom stereocenters. The van der Waals surface area contributed by atoms with Gasteiger partial charge in [-0.3, -0.25) is 4.90 Å². The van der Waals surface area contributed by atoms with Crippen LogP contribution in [-0.2, 0) is 0 Å². The van der Waals surface area contributed by atoms with Crippen LogP contribution in [0.4, 0.5) is 11.4 Å². The van der Waals surface area contributed by atoms with Gasteiger partial charge in [-0.25, -0.2) is 0 Å². The molecule has 0 saturated carbocycles. The minimum absolute atomic E-state index is 0. The van der Waals surface area contributed by atoms with Gasteiger partial charge >= 0.3 is 0 Å². The Bertz CT molecular complexity index is 597. The second-order valence-corrected chi connectivity index (χ2v) is 6.80. The van der Waals surface area contributed by atoms with E-state index in [4.69, 9.17) is 0 Å². The van der Waals surface area contributed by atoms with E-state index >= 15 is 0 Å². The maximum atomic E-state index is 2.52. The highest BCUT2D eigenvalue weighted by Crippen LogP contribution is 2.47. The normalized spacial score (nSPS) is 14.0. The van der Waals surface area contributed by atoms with Gasteiger partial charge in [-0.1, -0.05) is 49.9 Å². The third kappa shape index (κ3) is 3.68. The SMILES string of the molecule is CCN(CC)C(C)CN1c2ccccc2Sc2ccccc21.[Cl-]. The predicted molar refractivity (Wildman–Crippen MR) is 96.4 cm³/mol. The fourth-order valence-corrected chi connectivity index (χ4v) is 4.30. The van der Waals surface area contributed by atoms with Crippen LogP contribution in [0.2, 0.25) is 0 Å². The van der Waals surface area contributed by atoms with E-state index in [-0.39, 0.29) is 12.4 Å². The highest BCUT2D eigenvalue weighted by molar-refractivity contribution is 7.99. The van der Waals surface area contributed by atoms with Gasteiger partial charge in [-0.15, -0.1) is 0 Å². The Morgan fingerprint density at radius 3 is 1.87 bits per heavy atom. The average Bonchev–Trinajstić information content (AvgIpc) is 2.55. The van der Waals surface area contributed by atoms with E-state index in [9.17, 15) is 0 Å². The highest BCUT2D eigenvalue weighted by Gasteiger charge is 2.25. The summed E-state index contributed by atoms with van der Waals surface area (Å²) in [7, 11) is 0. The largest absolute Gasteiger partial charge is 1.00 e. The lowest BCUT2D eigenvalue weighted by Crippen LogP contribution is -3.00. The molecule has 0 aromatic heterocycles. The third-order valence-corrected chi connectivity index (χ3v) is 5.54. The topological polar surface area (TPSA) is 6.48 Å². The Hall–Kier alpha value is -1.16. The minimum atomic E-state index is 0. The number of hydrogen-bond donors (Lipinski definition) is 0. The summed E-state index contributed by atoms with van der Waals surface area (Å²) in [6.07, 6.45) is 0. The van der Waals surface area contributed by atoms with E-state index in [0.29, 0.717) is 6.04 Å². The molecule has 2 nitrogen and oxygen atoms in total. The monoisotopic (exact) mass is 347 g/mol. The first-order valence-electron chi connectivity index (χ1n) is 8.12. The molecule has 1 aliphatic rings. The fraction of sp³-hybridized carbons (Fsp3) is 0.368. The van der Waals surface area contributed by atoms with Crippen molar-refractivity contribution in [2.24, 2.45) is 0 Å². The Morgan fingerprint density at radius 1 is 0.913 bits per heavy atom. The zero-order valence-electron chi connectivity index (χ0n) is 14.0. The smallest absolute Gasteiger partial charge is 0.0553 e. The van der Waals surface area contributed by atoms with Crippen LogP contribution in [0.3, 0.4) is 0 Å². The molecule has 0 spiro atoms. The Morgan fingerprint density at radius 2 is 1.39 bits per heavy atom.